The van der Waals surface area contributed by atoms with Gasteiger partial charge >= 0.3 is 0 Å². The molecule has 0 unspecified atom stereocenters. The Labute approximate surface area is 155 Å². The van der Waals surface area contributed by atoms with Crippen LogP contribution < -0.4 is 10.6 Å². The van der Waals surface area contributed by atoms with E-state index < -0.39 is 11.2 Å². The number of hydrogen-bond donors (Lipinski definition) is 1. The maximum absolute atomic E-state index is 11.9. The van der Waals surface area contributed by atoms with Gasteiger partial charge in [-0.1, -0.05) is 11.6 Å². The first-order valence-electron chi connectivity index (χ1n) is 8.04. The highest BCUT2D eigenvalue weighted by Gasteiger charge is 2.28. The summed E-state index contributed by atoms with van der Waals surface area (Å²) >= 11 is 5.38. The Hall–Kier alpha value is -1.54. The molecule has 1 fully saturated rings. The quantitative estimate of drug-likeness (QED) is 0.824. The van der Waals surface area contributed by atoms with E-state index in [9.17, 15) is 4.55 Å². The molecule has 0 spiro atoms. The minimum Gasteiger partial charge on any atom is -0.612 e. The molecule has 2 heterocycles. The van der Waals surface area contributed by atoms with Gasteiger partial charge in [-0.15, -0.1) is 0 Å². The second-order valence-corrected chi connectivity index (χ2v) is 7.79. The van der Waals surface area contributed by atoms with E-state index in [1.165, 1.54) is 0 Å². The number of ether oxygens (including phenoxy) is 1. The summed E-state index contributed by atoms with van der Waals surface area (Å²) < 4.78 is 17.7. The van der Waals surface area contributed by atoms with Crippen LogP contribution in [0.25, 0.3) is 0 Å². The number of halogens is 1. The fraction of sp³-hybridized carbons (Fsp3) is 0.412. The first kappa shape index (κ1) is 18.3. The number of nitrogens with two attached hydrogens (primary N) is 1. The highest BCUT2D eigenvalue weighted by molar-refractivity contribution is 7.90. The van der Waals surface area contributed by atoms with E-state index >= 15 is 0 Å². The average molecular weight is 381 g/mol. The number of hydrogen-bond acceptors (Lipinski definition) is 6. The van der Waals surface area contributed by atoms with Crippen LogP contribution in [0.4, 0.5) is 11.8 Å². The fourth-order valence-electron chi connectivity index (χ4n) is 2.99. The number of nitrogen functional groups attached to an aromatic ring is 1. The molecule has 25 heavy (non-hydrogen) atoms. The third-order valence-electron chi connectivity index (χ3n) is 4.15. The molecule has 1 aromatic heterocycles. The van der Waals surface area contributed by atoms with Crippen LogP contribution in [0.1, 0.15) is 23.7 Å². The largest absolute Gasteiger partial charge is 0.612 e. The third-order valence-corrected chi connectivity index (χ3v) is 5.41. The van der Waals surface area contributed by atoms with Gasteiger partial charge in [-0.25, -0.2) is 4.98 Å². The van der Waals surface area contributed by atoms with Crippen molar-refractivity contribution in [2.75, 3.05) is 36.6 Å². The van der Waals surface area contributed by atoms with Crippen LogP contribution >= 0.6 is 11.6 Å². The van der Waals surface area contributed by atoms with Gasteiger partial charge in [0, 0.05) is 41.6 Å². The van der Waals surface area contributed by atoms with E-state index in [0.717, 1.165) is 34.9 Å². The van der Waals surface area contributed by atoms with Gasteiger partial charge in [0.15, 0.2) is 4.90 Å². The van der Waals surface area contributed by atoms with Crippen molar-refractivity contribution < 1.29 is 9.29 Å². The Morgan fingerprint density at radius 1 is 1.36 bits per heavy atom. The molecule has 1 aromatic carbocycles. The van der Waals surface area contributed by atoms with Crippen molar-refractivity contribution in [3.63, 3.8) is 0 Å². The van der Waals surface area contributed by atoms with Crippen molar-refractivity contribution in [2.45, 2.75) is 24.3 Å². The van der Waals surface area contributed by atoms with E-state index in [1.54, 1.807) is 18.4 Å². The number of nitrogens with zero attached hydrogens (tertiary/aromatic N) is 3. The lowest BCUT2D eigenvalue weighted by Crippen LogP contribution is -2.32. The summed E-state index contributed by atoms with van der Waals surface area (Å²) in [5, 5.41) is 0.619. The first-order chi connectivity index (χ1) is 12.0. The molecule has 2 atom stereocenters. The molecular formula is C17H21ClN4O2S. The van der Waals surface area contributed by atoms with Gasteiger partial charge in [-0.2, -0.15) is 4.98 Å². The van der Waals surface area contributed by atoms with Gasteiger partial charge in [-0.05, 0) is 36.7 Å². The summed E-state index contributed by atoms with van der Waals surface area (Å²) in [6, 6.07) is 7.24. The molecule has 2 N–H and O–H groups in total. The van der Waals surface area contributed by atoms with Crippen molar-refractivity contribution in [3.8, 4) is 0 Å². The van der Waals surface area contributed by atoms with Crippen LogP contribution in [0.15, 0.2) is 29.2 Å². The maximum atomic E-state index is 11.9. The standard InChI is InChI=1S/C17H21ClN4O2S/c1-11-8-16(21-17(19)20-11)22-6-3-7-24-10-15(22)13-9-12(25(2)23)4-5-14(13)18/h4-5,8-9,15H,3,6-7,10H2,1-2H3,(H2,19,20,21)/t15-,25-/m1/s1. The van der Waals surface area contributed by atoms with Crippen LogP contribution in [0, 0.1) is 6.92 Å². The number of aromatic nitrogens is 2. The molecule has 0 radical (unpaired) electrons. The molecule has 1 aliphatic rings. The summed E-state index contributed by atoms with van der Waals surface area (Å²) in [6.07, 6.45) is 2.53. The SMILES string of the molecule is Cc1cc(N2CCCOC[C@@H]2c2cc([S@@+](C)[O-])ccc2Cl)nc(N)n1. The molecule has 134 valence electrons. The molecule has 6 nitrogen and oxygen atoms in total. The van der Waals surface area contributed by atoms with E-state index in [0.29, 0.717) is 18.2 Å². The second kappa shape index (κ2) is 7.78. The summed E-state index contributed by atoms with van der Waals surface area (Å²) in [5.41, 5.74) is 7.52. The Kier molecular flexibility index (Phi) is 5.68. The summed E-state index contributed by atoms with van der Waals surface area (Å²) in [5.74, 6) is 0.994. The van der Waals surface area contributed by atoms with E-state index in [-0.39, 0.29) is 12.0 Å². The lowest BCUT2D eigenvalue weighted by molar-refractivity contribution is 0.134. The number of aryl methyl sites for hydroxylation is 1. The highest BCUT2D eigenvalue weighted by atomic mass is 35.5. The molecule has 2 aromatic rings. The van der Waals surface area contributed by atoms with Crippen LogP contribution in [0.5, 0.6) is 0 Å². The van der Waals surface area contributed by atoms with Crippen LogP contribution in [0.3, 0.4) is 0 Å². The van der Waals surface area contributed by atoms with Gasteiger partial charge in [-0.3, -0.25) is 0 Å². The minimum atomic E-state index is -1.08. The number of rotatable bonds is 3. The molecule has 0 bridgehead atoms. The summed E-state index contributed by atoms with van der Waals surface area (Å²) in [6.45, 7) is 3.79. The molecule has 3 rings (SSSR count). The number of benzene rings is 1. The highest BCUT2D eigenvalue weighted by Crippen LogP contribution is 2.34. The second-order valence-electron chi connectivity index (χ2n) is 6.00. The van der Waals surface area contributed by atoms with Crippen molar-refractivity contribution in [3.05, 3.63) is 40.5 Å². The zero-order chi connectivity index (χ0) is 18.0. The zero-order valence-electron chi connectivity index (χ0n) is 14.2. The lowest BCUT2D eigenvalue weighted by Gasteiger charge is -2.31. The van der Waals surface area contributed by atoms with Crippen molar-refractivity contribution in [1.82, 2.24) is 9.97 Å². The van der Waals surface area contributed by atoms with Crippen LogP contribution in [-0.2, 0) is 15.9 Å². The smallest absolute Gasteiger partial charge is 0.222 e. The Morgan fingerprint density at radius 2 is 2.16 bits per heavy atom. The predicted octanol–water partition coefficient (Wildman–Crippen LogP) is 2.73. The lowest BCUT2D eigenvalue weighted by atomic mass is 10.1. The number of anilines is 2. The molecule has 0 amide bonds. The summed E-state index contributed by atoms with van der Waals surface area (Å²) in [7, 11) is 0. The topological polar surface area (TPSA) is 87.3 Å². The fourth-order valence-corrected chi connectivity index (χ4v) is 3.78. The molecule has 0 aliphatic carbocycles. The van der Waals surface area contributed by atoms with Crippen LogP contribution in [-0.4, -0.2) is 40.5 Å². The molecule has 1 aliphatic heterocycles. The predicted molar refractivity (Wildman–Crippen MR) is 100 cm³/mol. The Balaban J connectivity index is 2.05. The van der Waals surface area contributed by atoms with Gasteiger partial charge in [0.2, 0.25) is 5.95 Å². The van der Waals surface area contributed by atoms with Crippen molar-refractivity contribution >= 4 is 34.5 Å². The molecule has 1 saturated heterocycles. The van der Waals surface area contributed by atoms with E-state index in [4.69, 9.17) is 22.1 Å². The van der Waals surface area contributed by atoms with Crippen molar-refractivity contribution in [1.29, 1.82) is 0 Å². The van der Waals surface area contributed by atoms with Gasteiger partial charge in [0.05, 0.1) is 12.6 Å². The normalized spacial score (nSPS) is 19.5. The van der Waals surface area contributed by atoms with Crippen LogP contribution in [0.2, 0.25) is 5.02 Å². The average Bonchev–Trinajstić information content (AvgIpc) is 2.80. The van der Waals surface area contributed by atoms with Gasteiger partial charge in [0.25, 0.3) is 0 Å². The van der Waals surface area contributed by atoms with E-state index in [2.05, 4.69) is 14.9 Å². The van der Waals surface area contributed by atoms with Gasteiger partial charge in [0.1, 0.15) is 12.1 Å². The van der Waals surface area contributed by atoms with E-state index in [1.807, 2.05) is 19.1 Å². The zero-order valence-corrected chi connectivity index (χ0v) is 15.8. The van der Waals surface area contributed by atoms with Crippen molar-refractivity contribution in [2.24, 2.45) is 0 Å². The molecular weight excluding hydrogens is 360 g/mol. The molecule has 0 saturated carbocycles. The Bertz CT molecular complexity index is 739. The minimum absolute atomic E-state index is 0.132. The third kappa shape index (κ3) is 4.17. The Morgan fingerprint density at radius 3 is 2.88 bits per heavy atom. The first-order valence-corrected chi connectivity index (χ1v) is 9.97. The molecule has 8 heteroatoms. The van der Waals surface area contributed by atoms with Gasteiger partial charge < -0.3 is 19.9 Å². The maximum Gasteiger partial charge on any atom is 0.222 e. The summed E-state index contributed by atoms with van der Waals surface area (Å²) in [4.78, 5) is 11.4. The monoisotopic (exact) mass is 380 g/mol.